The minimum atomic E-state index is -0.727. The zero-order valence-electron chi connectivity index (χ0n) is 11.3. The molecule has 104 valence electrons. The molecule has 1 aliphatic heterocycles. The van der Waals surface area contributed by atoms with Gasteiger partial charge in [-0.25, -0.2) is 4.79 Å². The molecule has 1 fully saturated rings. The van der Waals surface area contributed by atoms with Gasteiger partial charge < -0.3 is 14.9 Å². The first-order chi connectivity index (χ1) is 8.88. The van der Waals surface area contributed by atoms with Crippen LogP contribution in [0.2, 0.25) is 0 Å². The summed E-state index contributed by atoms with van der Waals surface area (Å²) in [5.74, 6) is -0.847. The smallest absolute Gasteiger partial charge is 0.334 e. The summed E-state index contributed by atoms with van der Waals surface area (Å²) in [7, 11) is 0. The van der Waals surface area contributed by atoms with Crippen LogP contribution >= 0.6 is 0 Å². The standard InChI is InChI=1S/C15H20O4/c1-8-4-11(16)5-9(2)7-13-14(12(17)6-8)10(3)15(18)19-13/h4,7,11-14,16-17H,3,5-6H2,1-2H3. The van der Waals surface area contributed by atoms with Gasteiger partial charge in [-0.05, 0) is 32.8 Å². The fraction of sp³-hybridized carbons (Fsp3) is 0.533. The lowest BCUT2D eigenvalue weighted by molar-refractivity contribution is -0.137. The van der Waals surface area contributed by atoms with Gasteiger partial charge in [-0.2, -0.15) is 0 Å². The lowest BCUT2D eigenvalue weighted by Crippen LogP contribution is -2.29. The highest BCUT2D eigenvalue weighted by atomic mass is 16.6. The summed E-state index contributed by atoms with van der Waals surface area (Å²) in [6.07, 6.45) is 2.69. The second-order valence-corrected chi connectivity index (χ2v) is 5.49. The Morgan fingerprint density at radius 2 is 1.84 bits per heavy atom. The number of carbonyl (C=O) groups is 1. The molecule has 1 aliphatic carbocycles. The SMILES string of the molecule is C=C1C(=O)OC2C=C(C)CC(O)C=C(C)CC(O)C12. The molecule has 0 aromatic carbocycles. The number of ether oxygens (including phenoxy) is 1. The highest BCUT2D eigenvalue weighted by molar-refractivity contribution is 5.91. The maximum absolute atomic E-state index is 11.6. The first-order valence-electron chi connectivity index (χ1n) is 6.49. The van der Waals surface area contributed by atoms with Gasteiger partial charge in [0.25, 0.3) is 0 Å². The molecule has 0 aromatic heterocycles. The normalized spacial score (nSPS) is 36.2. The average molecular weight is 264 g/mol. The third kappa shape index (κ3) is 2.96. The van der Waals surface area contributed by atoms with Gasteiger partial charge in [0.1, 0.15) is 6.10 Å². The Labute approximate surface area is 113 Å². The van der Waals surface area contributed by atoms with Crippen molar-refractivity contribution in [1.82, 2.24) is 0 Å². The van der Waals surface area contributed by atoms with Gasteiger partial charge in [0, 0.05) is 5.57 Å². The number of aliphatic hydroxyl groups excluding tert-OH is 2. The van der Waals surface area contributed by atoms with E-state index in [1.807, 2.05) is 19.9 Å². The molecule has 1 saturated heterocycles. The number of hydrogen-bond acceptors (Lipinski definition) is 4. The minimum absolute atomic E-state index is 0.329. The monoisotopic (exact) mass is 264 g/mol. The Balaban J connectivity index is 2.36. The third-order valence-electron chi connectivity index (χ3n) is 3.66. The van der Waals surface area contributed by atoms with E-state index >= 15 is 0 Å². The Bertz CT molecular complexity index is 461. The van der Waals surface area contributed by atoms with E-state index in [1.165, 1.54) is 0 Å². The third-order valence-corrected chi connectivity index (χ3v) is 3.66. The Kier molecular flexibility index (Phi) is 3.92. The zero-order chi connectivity index (χ0) is 14.2. The first kappa shape index (κ1) is 14.0. The lowest BCUT2D eigenvalue weighted by Gasteiger charge is -2.23. The van der Waals surface area contributed by atoms with Gasteiger partial charge in [0.2, 0.25) is 0 Å². The second kappa shape index (κ2) is 5.31. The van der Waals surface area contributed by atoms with Crippen molar-refractivity contribution >= 4 is 5.97 Å². The predicted octanol–water partition coefficient (Wildman–Crippen LogP) is 1.49. The van der Waals surface area contributed by atoms with E-state index in [2.05, 4.69) is 6.58 Å². The number of esters is 1. The molecular weight excluding hydrogens is 244 g/mol. The van der Waals surface area contributed by atoms with Crippen LogP contribution in [0.4, 0.5) is 0 Å². The molecule has 0 amide bonds. The van der Waals surface area contributed by atoms with E-state index in [0.717, 1.165) is 11.1 Å². The lowest BCUT2D eigenvalue weighted by atomic mass is 9.85. The van der Waals surface area contributed by atoms with Crippen molar-refractivity contribution < 1.29 is 19.7 Å². The van der Waals surface area contributed by atoms with Crippen LogP contribution in [0.5, 0.6) is 0 Å². The van der Waals surface area contributed by atoms with Crippen LogP contribution < -0.4 is 0 Å². The number of rotatable bonds is 0. The molecule has 0 bridgehead atoms. The Morgan fingerprint density at radius 3 is 2.53 bits per heavy atom. The first-order valence-corrected chi connectivity index (χ1v) is 6.49. The average Bonchev–Trinajstić information content (AvgIpc) is 2.52. The van der Waals surface area contributed by atoms with Crippen LogP contribution in [0, 0.1) is 5.92 Å². The molecular formula is C15H20O4. The summed E-state index contributed by atoms with van der Waals surface area (Å²) in [6.45, 7) is 7.47. The van der Waals surface area contributed by atoms with E-state index in [4.69, 9.17) is 4.74 Å². The molecule has 0 saturated carbocycles. The predicted molar refractivity (Wildman–Crippen MR) is 71.3 cm³/mol. The molecule has 2 N–H and O–H groups in total. The number of aliphatic hydroxyl groups is 2. The fourth-order valence-corrected chi connectivity index (χ4v) is 2.79. The number of hydrogen-bond donors (Lipinski definition) is 2. The number of fused-ring (bicyclic) bond motifs is 1. The molecule has 2 aliphatic rings. The van der Waals surface area contributed by atoms with Gasteiger partial charge in [-0.1, -0.05) is 23.8 Å². The molecule has 19 heavy (non-hydrogen) atoms. The summed E-state index contributed by atoms with van der Waals surface area (Å²) in [6, 6.07) is 0. The summed E-state index contributed by atoms with van der Waals surface area (Å²) in [5, 5.41) is 20.2. The maximum Gasteiger partial charge on any atom is 0.334 e. The van der Waals surface area contributed by atoms with Gasteiger partial charge in [0.05, 0.1) is 18.1 Å². The molecule has 1 heterocycles. The van der Waals surface area contributed by atoms with Crippen LogP contribution in [-0.4, -0.2) is 34.5 Å². The molecule has 4 atom stereocenters. The Hall–Kier alpha value is -1.39. The molecule has 2 rings (SSSR count). The van der Waals surface area contributed by atoms with E-state index in [9.17, 15) is 15.0 Å². The van der Waals surface area contributed by atoms with Crippen LogP contribution in [0.15, 0.2) is 35.5 Å². The minimum Gasteiger partial charge on any atom is -0.454 e. The van der Waals surface area contributed by atoms with Gasteiger partial charge in [-0.15, -0.1) is 0 Å². The summed E-state index contributed by atoms with van der Waals surface area (Å²) in [4.78, 5) is 11.6. The van der Waals surface area contributed by atoms with Crippen molar-refractivity contribution in [3.05, 3.63) is 35.5 Å². The van der Waals surface area contributed by atoms with E-state index in [-0.39, 0.29) is 0 Å². The molecule has 0 spiro atoms. The molecule has 4 unspecified atom stereocenters. The summed E-state index contributed by atoms with van der Waals surface area (Å²) >= 11 is 0. The topological polar surface area (TPSA) is 66.8 Å². The van der Waals surface area contributed by atoms with Crippen LogP contribution in [0.3, 0.4) is 0 Å². The highest BCUT2D eigenvalue weighted by Gasteiger charge is 2.42. The van der Waals surface area contributed by atoms with Gasteiger partial charge in [0.15, 0.2) is 0 Å². The summed E-state index contributed by atoms with van der Waals surface area (Å²) in [5.41, 5.74) is 2.17. The largest absolute Gasteiger partial charge is 0.454 e. The molecule has 0 aromatic rings. The Morgan fingerprint density at radius 1 is 1.21 bits per heavy atom. The molecule has 4 nitrogen and oxygen atoms in total. The van der Waals surface area contributed by atoms with Crippen LogP contribution in [-0.2, 0) is 9.53 Å². The molecule has 0 radical (unpaired) electrons. The van der Waals surface area contributed by atoms with Gasteiger partial charge >= 0.3 is 5.97 Å². The quantitative estimate of drug-likeness (QED) is 0.395. The zero-order valence-corrected chi connectivity index (χ0v) is 11.3. The highest BCUT2D eigenvalue weighted by Crippen LogP contribution is 2.34. The van der Waals surface area contributed by atoms with Crippen molar-refractivity contribution in [3.63, 3.8) is 0 Å². The molecule has 4 heteroatoms. The summed E-state index contributed by atoms with van der Waals surface area (Å²) < 4.78 is 5.24. The maximum atomic E-state index is 11.6. The van der Waals surface area contributed by atoms with Crippen LogP contribution in [0.25, 0.3) is 0 Å². The van der Waals surface area contributed by atoms with Crippen molar-refractivity contribution in [3.8, 4) is 0 Å². The number of carbonyl (C=O) groups excluding carboxylic acids is 1. The van der Waals surface area contributed by atoms with E-state index < -0.39 is 30.2 Å². The van der Waals surface area contributed by atoms with Gasteiger partial charge in [-0.3, -0.25) is 0 Å². The van der Waals surface area contributed by atoms with Crippen molar-refractivity contribution in [2.75, 3.05) is 0 Å². The van der Waals surface area contributed by atoms with Crippen LogP contribution in [0.1, 0.15) is 26.7 Å². The fourth-order valence-electron chi connectivity index (χ4n) is 2.79. The van der Waals surface area contributed by atoms with Crippen molar-refractivity contribution in [2.45, 2.75) is 45.0 Å². The van der Waals surface area contributed by atoms with Crippen molar-refractivity contribution in [1.29, 1.82) is 0 Å². The van der Waals surface area contributed by atoms with E-state index in [0.29, 0.717) is 18.4 Å². The second-order valence-electron chi connectivity index (χ2n) is 5.49. The van der Waals surface area contributed by atoms with E-state index in [1.54, 1.807) is 6.08 Å². The van der Waals surface area contributed by atoms with Crippen molar-refractivity contribution in [2.24, 2.45) is 5.92 Å².